The van der Waals surface area contributed by atoms with Gasteiger partial charge in [0.15, 0.2) is 0 Å². The van der Waals surface area contributed by atoms with E-state index in [1.54, 1.807) is 26.8 Å². The number of nitrogens with zero attached hydrogens (tertiary/aromatic N) is 2. The monoisotopic (exact) mass is 348 g/mol. The highest BCUT2D eigenvalue weighted by molar-refractivity contribution is 5.69. The van der Waals surface area contributed by atoms with E-state index in [1.807, 2.05) is 18.2 Å². The zero-order chi connectivity index (χ0) is 18.8. The summed E-state index contributed by atoms with van der Waals surface area (Å²) in [5, 5.41) is 21.1. The van der Waals surface area contributed by atoms with Gasteiger partial charge >= 0.3 is 6.09 Å². The maximum absolute atomic E-state index is 12.6. The Bertz CT molecular complexity index is 681. The van der Waals surface area contributed by atoms with E-state index < -0.39 is 35.3 Å². The number of carbonyl (C=O) groups excluding carboxylic acids is 1. The number of nitro groups is 1. The van der Waals surface area contributed by atoms with Crippen LogP contribution in [0.1, 0.15) is 37.5 Å². The third-order valence-electron chi connectivity index (χ3n) is 4.04. The number of amides is 1. The van der Waals surface area contributed by atoms with Gasteiger partial charge in [-0.3, -0.25) is 15.0 Å². The maximum Gasteiger partial charge on any atom is 0.410 e. The van der Waals surface area contributed by atoms with Crippen LogP contribution < -0.4 is 0 Å². The summed E-state index contributed by atoms with van der Waals surface area (Å²) in [4.78, 5) is 24.2. The fourth-order valence-corrected chi connectivity index (χ4v) is 2.89. The zero-order valence-corrected chi connectivity index (χ0v) is 14.8. The van der Waals surface area contributed by atoms with E-state index in [1.165, 1.54) is 4.90 Å². The Labute approximate surface area is 147 Å². The molecule has 0 aromatic heterocycles. The zero-order valence-electron chi connectivity index (χ0n) is 14.8. The fourth-order valence-electron chi connectivity index (χ4n) is 2.89. The first-order valence-electron chi connectivity index (χ1n) is 8.14. The van der Waals surface area contributed by atoms with Crippen molar-refractivity contribution in [3.05, 3.63) is 51.6 Å². The van der Waals surface area contributed by atoms with Crippen molar-refractivity contribution < 1.29 is 19.6 Å². The Morgan fingerprint density at radius 2 is 2.20 bits per heavy atom. The van der Waals surface area contributed by atoms with Crippen LogP contribution in [-0.2, 0) is 17.7 Å². The summed E-state index contributed by atoms with van der Waals surface area (Å²) in [7, 11) is 0. The molecular weight excluding hydrogens is 324 g/mol. The van der Waals surface area contributed by atoms with Crippen LogP contribution >= 0.6 is 0 Å². The van der Waals surface area contributed by atoms with E-state index in [-0.39, 0.29) is 6.54 Å². The van der Waals surface area contributed by atoms with E-state index in [0.29, 0.717) is 6.42 Å². The van der Waals surface area contributed by atoms with Crippen LogP contribution in [0.3, 0.4) is 0 Å². The molecule has 25 heavy (non-hydrogen) atoms. The molecule has 7 heteroatoms. The van der Waals surface area contributed by atoms with Crippen molar-refractivity contribution in [2.75, 3.05) is 6.54 Å². The van der Waals surface area contributed by atoms with Gasteiger partial charge in [0.1, 0.15) is 11.7 Å². The molecule has 0 aliphatic carbocycles. The Morgan fingerprint density at radius 3 is 2.76 bits per heavy atom. The van der Waals surface area contributed by atoms with E-state index in [9.17, 15) is 20.0 Å². The summed E-state index contributed by atoms with van der Waals surface area (Å²) in [6.07, 6.45) is 0.191. The first kappa shape index (κ1) is 18.9. The fraction of sp³-hybridized carbons (Fsp3) is 0.500. The maximum atomic E-state index is 12.6. The molecular formula is C18H24N2O5. The molecule has 1 aliphatic heterocycles. The highest BCUT2D eigenvalue weighted by Crippen LogP contribution is 2.28. The third kappa shape index (κ3) is 4.79. The lowest BCUT2D eigenvalue weighted by Crippen LogP contribution is -2.53. The lowest BCUT2D eigenvalue weighted by Gasteiger charge is -2.39. The summed E-state index contributed by atoms with van der Waals surface area (Å²) < 4.78 is 5.42. The van der Waals surface area contributed by atoms with Crippen LogP contribution in [-0.4, -0.2) is 45.3 Å². The van der Waals surface area contributed by atoms with E-state index in [0.717, 1.165) is 16.7 Å². The van der Waals surface area contributed by atoms with Gasteiger partial charge in [-0.15, -0.1) is 0 Å². The van der Waals surface area contributed by atoms with E-state index in [2.05, 4.69) is 6.58 Å². The van der Waals surface area contributed by atoms with E-state index in [4.69, 9.17) is 4.74 Å². The molecule has 0 spiro atoms. The highest BCUT2D eigenvalue weighted by atomic mass is 16.6. The molecule has 1 aromatic carbocycles. The molecule has 0 saturated heterocycles. The highest BCUT2D eigenvalue weighted by Gasteiger charge is 2.38. The molecule has 1 aliphatic rings. The number of ether oxygens (including phenoxy) is 1. The number of carbonyl (C=O) groups is 1. The van der Waals surface area contributed by atoms with Gasteiger partial charge in [-0.1, -0.05) is 24.8 Å². The molecule has 0 radical (unpaired) electrons. The van der Waals surface area contributed by atoms with Gasteiger partial charge in [-0.25, -0.2) is 4.79 Å². The first-order valence-corrected chi connectivity index (χ1v) is 8.14. The van der Waals surface area contributed by atoms with Crippen LogP contribution in [0.4, 0.5) is 4.79 Å². The number of fused-ring (bicyclic) bond motifs is 1. The molecule has 1 N–H and O–H groups in total. The normalized spacial score (nSPS) is 18.2. The number of hydrogen-bond donors (Lipinski definition) is 1. The Morgan fingerprint density at radius 1 is 1.52 bits per heavy atom. The summed E-state index contributed by atoms with van der Waals surface area (Å²) >= 11 is 0. The van der Waals surface area contributed by atoms with Crippen LogP contribution in [0, 0.1) is 10.1 Å². The molecule has 0 fully saturated rings. The molecule has 1 amide bonds. The standard InChI is InChI=1S/C18H24N2O5/c1-5-12-6-7-13-9-15(16(21)11-20(23)24)19(10-14(13)8-12)17(22)25-18(2,3)4/h5-8,15-16,21H,1,9-11H2,2-4H3/t15?,16-/m1/s1. The average molecular weight is 348 g/mol. The number of aliphatic hydroxyl groups is 1. The second kappa shape index (κ2) is 7.23. The van der Waals surface area contributed by atoms with E-state index >= 15 is 0 Å². The summed E-state index contributed by atoms with van der Waals surface area (Å²) in [5.41, 5.74) is 2.11. The smallest absolute Gasteiger partial charge is 0.410 e. The minimum Gasteiger partial charge on any atom is -0.444 e. The SMILES string of the molecule is C=Cc1ccc2c(c1)CN(C(=O)OC(C)(C)C)C([C@H](O)C[N+](=O)[O-])C2. The van der Waals surface area contributed by atoms with Gasteiger partial charge < -0.3 is 9.84 Å². The van der Waals surface area contributed by atoms with Crippen LogP contribution in [0.2, 0.25) is 0 Å². The van der Waals surface area contributed by atoms with Crippen molar-refractivity contribution in [3.8, 4) is 0 Å². The number of rotatable bonds is 4. The second-order valence-electron chi connectivity index (χ2n) is 7.19. The average Bonchev–Trinajstić information content (AvgIpc) is 2.50. The second-order valence-corrected chi connectivity index (χ2v) is 7.19. The molecule has 0 bridgehead atoms. The van der Waals surface area contributed by atoms with Crippen molar-refractivity contribution in [1.82, 2.24) is 4.90 Å². The minimum absolute atomic E-state index is 0.228. The lowest BCUT2D eigenvalue weighted by molar-refractivity contribution is -0.491. The van der Waals surface area contributed by atoms with Gasteiger partial charge in [-0.2, -0.15) is 0 Å². The Hall–Kier alpha value is -2.41. The topological polar surface area (TPSA) is 92.9 Å². The Balaban J connectivity index is 2.34. The van der Waals surface area contributed by atoms with Crippen molar-refractivity contribution in [2.45, 2.75) is 51.5 Å². The van der Waals surface area contributed by atoms with Crippen LogP contribution in [0.5, 0.6) is 0 Å². The predicted octanol–water partition coefficient (Wildman–Crippen LogP) is 2.63. The summed E-state index contributed by atoms with van der Waals surface area (Å²) in [6.45, 7) is 8.60. The van der Waals surface area contributed by atoms with Gasteiger partial charge in [0.05, 0.1) is 6.04 Å². The molecule has 1 unspecified atom stereocenters. The molecule has 136 valence electrons. The molecule has 2 atom stereocenters. The van der Waals surface area contributed by atoms with Crippen molar-refractivity contribution in [3.63, 3.8) is 0 Å². The lowest BCUT2D eigenvalue weighted by atomic mass is 9.90. The number of aliphatic hydroxyl groups excluding tert-OH is 1. The van der Waals surface area contributed by atoms with Gasteiger partial charge in [-0.05, 0) is 49.9 Å². The largest absolute Gasteiger partial charge is 0.444 e. The Kier molecular flexibility index (Phi) is 5.47. The molecule has 1 aromatic rings. The quantitative estimate of drug-likeness (QED) is 0.667. The first-order chi connectivity index (χ1) is 11.6. The van der Waals surface area contributed by atoms with Crippen molar-refractivity contribution in [1.29, 1.82) is 0 Å². The van der Waals surface area contributed by atoms with Gasteiger partial charge in [0.25, 0.3) is 0 Å². The number of hydrogen-bond acceptors (Lipinski definition) is 5. The summed E-state index contributed by atoms with van der Waals surface area (Å²) in [6, 6.07) is 5.02. The molecule has 7 nitrogen and oxygen atoms in total. The molecule has 2 rings (SSSR count). The predicted molar refractivity (Wildman–Crippen MR) is 93.7 cm³/mol. The van der Waals surface area contributed by atoms with Crippen LogP contribution in [0.15, 0.2) is 24.8 Å². The van der Waals surface area contributed by atoms with Gasteiger partial charge in [0.2, 0.25) is 6.54 Å². The molecule has 0 saturated carbocycles. The molecule has 1 heterocycles. The van der Waals surface area contributed by atoms with Crippen LogP contribution in [0.25, 0.3) is 6.08 Å². The third-order valence-corrected chi connectivity index (χ3v) is 4.04. The number of benzene rings is 1. The van der Waals surface area contributed by atoms with Crippen molar-refractivity contribution in [2.24, 2.45) is 0 Å². The van der Waals surface area contributed by atoms with Crippen molar-refractivity contribution >= 4 is 12.2 Å². The minimum atomic E-state index is -1.27. The summed E-state index contributed by atoms with van der Waals surface area (Å²) in [5.74, 6) is 0. The van der Waals surface area contributed by atoms with Gasteiger partial charge in [0, 0.05) is 11.5 Å².